The third-order valence-electron chi connectivity index (χ3n) is 4.35. The van der Waals surface area contributed by atoms with E-state index in [2.05, 4.69) is 0 Å². The molecule has 1 heterocycles. The summed E-state index contributed by atoms with van der Waals surface area (Å²) in [6.45, 7) is 1.29. The molecule has 2 aromatic carbocycles. The molecule has 1 saturated heterocycles. The van der Waals surface area contributed by atoms with Crippen molar-refractivity contribution in [3.8, 4) is 5.75 Å². The highest BCUT2D eigenvalue weighted by Gasteiger charge is 2.27. The Labute approximate surface area is 157 Å². The van der Waals surface area contributed by atoms with Gasteiger partial charge in [-0.05, 0) is 30.2 Å². The van der Waals surface area contributed by atoms with E-state index in [9.17, 15) is 4.79 Å². The van der Waals surface area contributed by atoms with Crippen LogP contribution in [0.4, 0.5) is 5.69 Å². The number of rotatable bonds is 5. The Kier molecular flexibility index (Phi) is 5.71. The molecule has 1 fully saturated rings. The molecular weight excluding hydrogens is 359 g/mol. The van der Waals surface area contributed by atoms with Crippen molar-refractivity contribution >= 4 is 34.8 Å². The Morgan fingerprint density at radius 3 is 2.76 bits per heavy atom. The topological polar surface area (TPSA) is 55.6 Å². The number of halogens is 2. The second kappa shape index (κ2) is 7.98. The van der Waals surface area contributed by atoms with Crippen molar-refractivity contribution in [2.24, 2.45) is 0 Å². The molecule has 25 heavy (non-hydrogen) atoms. The normalized spacial score (nSPS) is 16.9. The van der Waals surface area contributed by atoms with Gasteiger partial charge in [-0.25, -0.2) is 0 Å². The molecule has 0 aliphatic carbocycles. The van der Waals surface area contributed by atoms with E-state index in [1.54, 1.807) is 18.2 Å². The summed E-state index contributed by atoms with van der Waals surface area (Å²) in [6.07, 6.45) is 1.89. The quantitative estimate of drug-likeness (QED) is 0.793. The fraction of sp³-hybridized carbons (Fsp3) is 0.316. The van der Waals surface area contributed by atoms with Crippen molar-refractivity contribution in [2.45, 2.75) is 25.4 Å². The molecule has 3 rings (SSSR count). The minimum absolute atomic E-state index is 0.0250. The molecular formula is C19H20Cl2N2O2. The van der Waals surface area contributed by atoms with Crippen LogP contribution in [0.25, 0.3) is 0 Å². The summed E-state index contributed by atoms with van der Waals surface area (Å²) >= 11 is 11.9. The van der Waals surface area contributed by atoms with E-state index in [4.69, 9.17) is 33.7 Å². The number of nitrogens with two attached hydrogens (primary N) is 1. The molecule has 6 heteroatoms. The molecule has 0 radical (unpaired) electrons. The fourth-order valence-corrected chi connectivity index (χ4v) is 3.24. The third kappa shape index (κ3) is 4.59. The van der Waals surface area contributed by atoms with Gasteiger partial charge in [0.2, 0.25) is 5.91 Å². The van der Waals surface area contributed by atoms with Crippen molar-refractivity contribution in [1.29, 1.82) is 0 Å². The fourth-order valence-electron chi connectivity index (χ4n) is 2.96. The number of carbonyl (C=O) groups excluding carboxylic acids is 1. The van der Waals surface area contributed by atoms with Crippen molar-refractivity contribution in [1.82, 2.24) is 4.90 Å². The maximum absolute atomic E-state index is 12.4. The Morgan fingerprint density at radius 1 is 1.20 bits per heavy atom. The van der Waals surface area contributed by atoms with Gasteiger partial charge in [-0.3, -0.25) is 4.79 Å². The number of likely N-dealkylation sites (tertiary alicyclic amines) is 1. The van der Waals surface area contributed by atoms with Gasteiger partial charge in [-0.2, -0.15) is 0 Å². The van der Waals surface area contributed by atoms with Crippen LogP contribution in [0.3, 0.4) is 0 Å². The van der Waals surface area contributed by atoms with E-state index in [-0.39, 0.29) is 12.0 Å². The Balaban J connectivity index is 1.51. The second-order valence-electron chi connectivity index (χ2n) is 6.14. The summed E-state index contributed by atoms with van der Waals surface area (Å²) < 4.78 is 5.92. The summed E-state index contributed by atoms with van der Waals surface area (Å²) in [6, 6.07) is 12.9. The maximum atomic E-state index is 12.4. The summed E-state index contributed by atoms with van der Waals surface area (Å²) in [5.41, 5.74) is 7.67. The molecule has 1 atom stereocenters. The summed E-state index contributed by atoms with van der Waals surface area (Å²) in [5, 5.41) is 0.961. The van der Waals surface area contributed by atoms with E-state index in [0.717, 1.165) is 17.7 Å². The molecule has 1 unspecified atom stereocenters. The van der Waals surface area contributed by atoms with Gasteiger partial charge in [-0.15, -0.1) is 0 Å². The molecule has 2 N–H and O–H groups in total. The molecule has 1 amide bonds. The van der Waals surface area contributed by atoms with Crippen LogP contribution in [0.15, 0.2) is 42.5 Å². The number of benzene rings is 2. The van der Waals surface area contributed by atoms with Crippen LogP contribution in [0.2, 0.25) is 10.0 Å². The van der Waals surface area contributed by atoms with E-state index < -0.39 is 0 Å². The largest absolute Gasteiger partial charge is 0.488 e. The van der Waals surface area contributed by atoms with E-state index in [1.165, 1.54) is 0 Å². The number of hydrogen-bond donors (Lipinski definition) is 1. The summed E-state index contributed by atoms with van der Waals surface area (Å²) in [5.74, 6) is 0.800. The number of hydrogen-bond acceptors (Lipinski definition) is 3. The average Bonchev–Trinajstić information content (AvgIpc) is 3.06. The number of nitrogen functional groups attached to an aromatic ring is 1. The first-order valence-electron chi connectivity index (χ1n) is 8.26. The number of nitrogens with zero attached hydrogens (tertiary/aromatic N) is 1. The van der Waals surface area contributed by atoms with Crippen LogP contribution in [0.1, 0.15) is 18.4 Å². The van der Waals surface area contributed by atoms with Crippen molar-refractivity contribution in [3.05, 3.63) is 58.1 Å². The monoisotopic (exact) mass is 378 g/mol. The zero-order chi connectivity index (χ0) is 17.8. The molecule has 1 aliphatic heterocycles. The van der Waals surface area contributed by atoms with Gasteiger partial charge in [0.1, 0.15) is 11.9 Å². The van der Waals surface area contributed by atoms with Crippen molar-refractivity contribution in [2.75, 3.05) is 18.8 Å². The van der Waals surface area contributed by atoms with Gasteiger partial charge in [0.05, 0.1) is 16.6 Å². The number of aryl methyl sites for hydroxylation is 1. The maximum Gasteiger partial charge on any atom is 0.223 e. The highest BCUT2D eigenvalue weighted by atomic mass is 35.5. The van der Waals surface area contributed by atoms with Gasteiger partial charge >= 0.3 is 0 Å². The highest BCUT2D eigenvalue weighted by Crippen LogP contribution is 2.28. The first-order valence-corrected chi connectivity index (χ1v) is 9.01. The number of carbonyl (C=O) groups is 1. The number of anilines is 1. The standard InChI is InChI=1S/C19H20Cl2N2O2/c20-16-7-6-14(11-17(16)21)25-15-9-10-23(12-15)19(24)8-5-13-3-1-2-4-18(13)22/h1-4,6-7,11,15H,5,8-10,12,22H2. The molecule has 0 aromatic heterocycles. The van der Waals surface area contributed by atoms with Crippen LogP contribution in [0, 0.1) is 0 Å². The predicted molar refractivity (Wildman–Crippen MR) is 101 cm³/mol. The SMILES string of the molecule is Nc1ccccc1CCC(=O)N1CCC(Oc2ccc(Cl)c(Cl)c2)C1. The smallest absolute Gasteiger partial charge is 0.223 e. The first-order chi connectivity index (χ1) is 12.0. The third-order valence-corrected chi connectivity index (χ3v) is 5.09. The zero-order valence-electron chi connectivity index (χ0n) is 13.8. The van der Waals surface area contributed by atoms with Gasteiger partial charge in [0.15, 0.2) is 0 Å². The van der Waals surface area contributed by atoms with E-state index in [0.29, 0.717) is 41.7 Å². The van der Waals surface area contributed by atoms with Gasteiger partial charge in [0, 0.05) is 31.1 Å². The van der Waals surface area contributed by atoms with Crippen LogP contribution in [0.5, 0.6) is 5.75 Å². The van der Waals surface area contributed by atoms with Gasteiger partial charge in [-0.1, -0.05) is 41.4 Å². The molecule has 2 aromatic rings. The summed E-state index contributed by atoms with van der Waals surface area (Å²) in [7, 11) is 0. The second-order valence-corrected chi connectivity index (χ2v) is 6.96. The Hall–Kier alpha value is -1.91. The molecule has 0 spiro atoms. The lowest BCUT2D eigenvalue weighted by molar-refractivity contribution is -0.130. The predicted octanol–water partition coefficient (Wildman–Crippen LogP) is 4.19. The number of para-hydroxylation sites is 1. The Bertz CT molecular complexity index is 767. The first kappa shape index (κ1) is 17.9. The van der Waals surface area contributed by atoms with E-state index in [1.807, 2.05) is 29.2 Å². The molecule has 4 nitrogen and oxygen atoms in total. The lowest BCUT2D eigenvalue weighted by Gasteiger charge is -2.18. The van der Waals surface area contributed by atoms with Gasteiger partial charge < -0.3 is 15.4 Å². The van der Waals surface area contributed by atoms with Crippen molar-refractivity contribution < 1.29 is 9.53 Å². The lowest BCUT2D eigenvalue weighted by atomic mass is 10.1. The average molecular weight is 379 g/mol. The highest BCUT2D eigenvalue weighted by molar-refractivity contribution is 6.42. The van der Waals surface area contributed by atoms with Crippen LogP contribution in [-0.2, 0) is 11.2 Å². The zero-order valence-corrected chi connectivity index (χ0v) is 15.3. The van der Waals surface area contributed by atoms with Gasteiger partial charge in [0.25, 0.3) is 0 Å². The van der Waals surface area contributed by atoms with Crippen molar-refractivity contribution in [3.63, 3.8) is 0 Å². The van der Waals surface area contributed by atoms with Crippen LogP contribution in [-0.4, -0.2) is 30.0 Å². The molecule has 0 bridgehead atoms. The Morgan fingerprint density at radius 2 is 2.00 bits per heavy atom. The minimum atomic E-state index is -0.0250. The number of amides is 1. The minimum Gasteiger partial charge on any atom is -0.488 e. The summed E-state index contributed by atoms with van der Waals surface area (Å²) in [4.78, 5) is 14.3. The van der Waals surface area contributed by atoms with E-state index >= 15 is 0 Å². The van der Waals surface area contributed by atoms with Crippen LogP contribution >= 0.6 is 23.2 Å². The molecule has 0 saturated carbocycles. The molecule has 132 valence electrons. The van der Waals surface area contributed by atoms with Crippen LogP contribution < -0.4 is 10.5 Å². The molecule has 1 aliphatic rings. The lowest BCUT2D eigenvalue weighted by Crippen LogP contribution is -2.31. The number of ether oxygens (including phenoxy) is 1.